The number of quaternary nitrogens is 1. The molecule has 0 spiro atoms. The van der Waals surface area contributed by atoms with Gasteiger partial charge in [-0.05, 0) is 12.8 Å². The Balaban J connectivity index is 0. The average molecular weight is 378 g/mol. The van der Waals surface area contributed by atoms with E-state index in [-0.39, 0.29) is 25.1 Å². The zero-order chi connectivity index (χ0) is 18.3. The molecule has 0 heterocycles. The minimum absolute atomic E-state index is 0. The van der Waals surface area contributed by atoms with Gasteiger partial charge in [-0.2, -0.15) is 0 Å². The second kappa shape index (κ2) is 17.3. The molecule has 0 aliphatic rings. The minimum atomic E-state index is -0.567. The molecule has 0 bridgehead atoms. The molecule has 0 aromatic carbocycles. The largest absolute Gasteiger partial charge is 1.00 e. The molecule has 152 valence electrons. The number of likely N-dealkylation sites (N-methyl/N-ethyl adjacent to an activating group) is 1. The molecule has 25 heavy (non-hydrogen) atoms. The normalized spacial score (nSPS) is 14.5. The van der Waals surface area contributed by atoms with Crippen LogP contribution in [0.5, 0.6) is 0 Å². The van der Waals surface area contributed by atoms with Crippen molar-refractivity contribution in [2.75, 3.05) is 27.7 Å². The van der Waals surface area contributed by atoms with E-state index < -0.39 is 6.10 Å². The molecule has 0 radical (unpaired) electrons. The number of halogens is 1. The van der Waals surface area contributed by atoms with E-state index in [9.17, 15) is 10.2 Å². The third-order valence-electron chi connectivity index (χ3n) is 4.88. The number of nitrogens with zero attached hydrogens (tertiary/aromatic N) is 1. The lowest BCUT2D eigenvalue weighted by Gasteiger charge is -2.34. The third-order valence-corrected chi connectivity index (χ3v) is 4.88. The van der Waals surface area contributed by atoms with Crippen LogP contribution in [0.15, 0.2) is 12.2 Å². The van der Waals surface area contributed by atoms with E-state index in [0.29, 0.717) is 4.48 Å². The molecule has 0 aromatic rings. The fourth-order valence-electron chi connectivity index (χ4n) is 3.10. The number of aliphatic hydroxyl groups is 2. The number of hydrogen-bond acceptors (Lipinski definition) is 2. The van der Waals surface area contributed by atoms with Crippen LogP contribution in [0.2, 0.25) is 0 Å². The van der Waals surface area contributed by atoms with E-state index in [2.05, 4.69) is 13.0 Å². The minimum Gasteiger partial charge on any atom is -1.00 e. The highest BCUT2D eigenvalue weighted by atomic mass is 35.5. The van der Waals surface area contributed by atoms with Crippen LogP contribution in [0, 0.1) is 0 Å². The van der Waals surface area contributed by atoms with Crippen LogP contribution in [0.1, 0.15) is 84.0 Å². The van der Waals surface area contributed by atoms with Gasteiger partial charge < -0.3 is 27.1 Å². The summed E-state index contributed by atoms with van der Waals surface area (Å²) in [6, 6.07) is -0.154. The van der Waals surface area contributed by atoms with E-state index in [1.165, 1.54) is 70.6 Å². The Bertz CT molecular complexity index is 303. The van der Waals surface area contributed by atoms with Gasteiger partial charge in [0.25, 0.3) is 0 Å². The fourth-order valence-corrected chi connectivity index (χ4v) is 3.10. The van der Waals surface area contributed by atoms with Gasteiger partial charge in [0.15, 0.2) is 0 Å². The van der Waals surface area contributed by atoms with Gasteiger partial charge in [-0.1, -0.05) is 83.3 Å². The zero-order valence-electron chi connectivity index (χ0n) is 17.2. The molecular weight excluding hydrogens is 334 g/mol. The van der Waals surface area contributed by atoms with Crippen molar-refractivity contribution < 1.29 is 27.1 Å². The van der Waals surface area contributed by atoms with Gasteiger partial charge in [-0.25, -0.2) is 0 Å². The van der Waals surface area contributed by atoms with Crippen LogP contribution in [0.25, 0.3) is 0 Å². The predicted octanol–water partition coefficient (Wildman–Crippen LogP) is 1.68. The fraction of sp³-hybridized carbons (Fsp3) is 0.905. The number of aliphatic hydroxyl groups excluding tert-OH is 2. The Hall–Kier alpha value is -0.0900. The Morgan fingerprint density at radius 1 is 0.800 bits per heavy atom. The maximum atomic E-state index is 10.2. The Morgan fingerprint density at radius 2 is 1.24 bits per heavy atom. The Labute approximate surface area is 163 Å². The van der Waals surface area contributed by atoms with Crippen LogP contribution in [-0.2, 0) is 0 Å². The van der Waals surface area contributed by atoms with Crippen LogP contribution in [0.4, 0.5) is 0 Å². The van der Waals surface area contributed by atoms with E-state index in [1.54, 1.807) is 0 Å². The Morgan fingerprint density at radius 3 is 1.64 bits per heavy atom. The average Bonchev–Trinajstić information content (AvgIpc) is 2.51. The van der Waals surface area contributed by atoms with E-state index in [0.717, 1.165) is 6.42 Å². The number of allylic oxidation sites excluding steroid dienone is 1. The molecular formula is C21H44ClNO2. The molecule has 0 saturated carbocycles. The lowest BCUT2D eigenvalue weighted by molar-refractivity contribution is -0.899. The van der Waals surface area contributed by atoms with Gasteiger partial charge in [0.2, 0.25) is 0 Å². The molecule has 0 saturated heterocycles. The summed E-state index contributed by atoms with van der Waals surface area (Å²) in [6.45, 7) is 2.28. The second-order valence-corrected chi connectivity index (χ2v) is 8.11. The smallest absolute Gasteiger partial charge is 0.142 e. The van der Waals surface area contributed by atoms with Crippen LogP contribution < -0.4 is 12.4 Å². The van der Waals surface area contributed by atoms with Gasteiger partial charge in [0.05, 0.1) is 27.7 Å². The van der Waals surface area contributed by atoms with Gasteiger partial charge in [0.1, 0.15) is 12.1 Å². The number of unbranched alkanes of at least 4 members (excludes halogenated alkanes) is 11. The summed E-state index contributed by atoms with van der Waals surface area (Å²) in [5.41, 5.74) is 0. The molecule has 2 atom stereocenters. The van der Waals surface area contributed by atoms with Crippen molar-refractivity contribution in [2.45, 2.75) is 96.1 Å². The molecule has 2 N–H and O–H groups in total. The summed E-state index contributed by atoms with van der Waals surface area (Å²) in [5.74, 6) is 0. The monoisotopic (exact) mass is 377 g/mol. The molecule has 0 fully saturated rings. The molecule has 0 aliphatic heterocycles. The number of hydrogen-bond donors (Lipinski definition) is 2. The summed E-state index contributed by atoms with van der Waals surface area (Å²) < 4.78 is 0.570. The van der Waals surface area contributed by atoms with E-state index in [1.807, 2.05) is 27.2 Å². The van der Waals surface area contributed by atoms with Gasteiger partial charge in [-0.15, -0.1) is 0 Å². The van der Waals surface area contributed by atoms with Crippen molar-refractivity contribution in [3.05, 3.63) is 12.2 Å². The van der Waals surface area contributed by atoms with Crippen molar-refractivity contribution in [1.82, 2.24) is 0 Å². The standard InChI is InChI=1S/C21H44NO2.ClH/c1-5-6-7-8-9-10-11-12-13-14-15-16-17-18-21(24)20(19-23)22(2,3)4;/h17-18,20-21,23-24H,5-16,19H2,1-4H3;1H/q+1;/p-1/b18-17-;/t20?,21-;/m1./s1. The SMILES string of the molecule is CCCCCCCCCCCCC/C=C\[C@@H](O)C(CO)[N+](C)(C)C.[Cl-]. The molecule has 0 aromatic heterocycles. The Kier molecular flexibility index (Phi) is 18.8. The first kappa shape index (κ1) is 27.1. The molecule has 0 aliphatic carbocycles. The summed E-state index contributed by atoms with van der Waals surface area (Å²) in [4.78, 5) is 0. The summed E-state index contributed by atoms with van der Waals surface area (Å²) in [7, 11) is 6.01. The summed E-state index contributed by atoms with van der Waals surface area (Å²) >= 11 is 0. The third kappa shape index (κ3) is 15.9. The highest BCUT2D eigenvalue weighted by Crippen LogP contribution is 2.13. The maximum Gasteiger partial charge on any atom is 0.142 e. The van der Waals surface area contributed by atoms with Crippen LogP contribution in [-0.4, -0.2) is 54.6 Å². The first-order valence-corrected chi connectivity index (χ1v) is 10.2. The predicted molar refractivity (Wildman–Crippen MR) is 105 cm³/mol. The first-order valence-electron chi connectivity index (χ1n) is 10.2. The van der Waals surface area contributed by atoms with E-state index >= 15 is 0 Å². The summed E-state index contributed by atoms with van der Waals surface area (Å²) in [5, 5.41) is 19.6. The molecule has 1 unspecified atom stereocenters. The maximum absolute atomic E-state index is 10.2. The highest BCUT2D eigenvalue weighted by molar-refractivity contribution is 4.92. The number of rotatable bonds is 16. The molecule has 0 rings (SSSR count). The van der Waals surface area contributed by atoms with Crippen molar-refractivity contribution in [1.29, 1.82) is 0 Å². The lowest BCUT2D eigenvalue weighted by Crippen LogP contribution is -3.00. The quantitative estimate of drug-likeness (QED) is 0.244. The second-order valence-electron chi connectivity index (χ2n) is 8.11. The highest BCUT2D eigenvalue weighted by Gasteiger charge is 2.28. The van der Waals surface area contributed by atoms with Crippen LogP contribution in [0.3, 0.4) is 0 Å². The van der Waals surface area contributed by atoms with E-state index in [4.69, 9.17) is 0 Å². The first-order chi connectivity index (χ1) is 11.4. The molecule has 3 nitrogen and oxygen atoms in total. The van der Waals surface area contributed by atoms with Gasteiger partial charge >= 0.3 is 0 Å². The lowest BCUT2D eigenvalue weighted by atomic mass is 10.0. The van der Waals surface area contributed by atoms with Gasteiger partial charge in [0, 0.05) is 0 Å². The van der Waals surface area contributed by atoms with Crippen molar-refractivity contribution in [2.24, 2.45) is 0 Å². The van der Waals surface area contributed by atoms with Gasteiger partial charge in [-0.3, -0.25) is 0 Å². The van der Waals surface area contributed by atoms with Crippen LogP contribution >= 0.6 is 0 Å². The summed E-state index contributed by atoms with van der Waals surface area (Å²) in [6.07, 6.45) is 19.4. The zero-order valence-corrected chi connectivity index (χ0v) is 18.0. The van der Waals surface area contributed by atoms with Crippen molar-refractivity contribution in [3.63, 3.8) is 0 Å². The van der Waals surface area contributed by atoms with Crippen molar-refractivity contribution >= 4 is 0 Å². The molecule has 4 heteroatoms. The van der Waals surface area contributed by atoms with Crippen molar-refractivity contribution in [3.8, 4) is 0 Å². The molecule has 0 amide bonds. The topological polar surface area (TPSA) is 40.5 Å².